The zero-order chi connectivity index (χ0) is 16.4. The van der Waals surface area contributed by atoms with E-state index in [1.807, 2.05) is 24.8 Å². The Morgan fingerprint density at radius 3 is 2.52 bits per heavy atom. The van der Waals surface area contributed by atoms with E-state index in [4.69, 9.17) is 0 Å². The summed E-state index contributed by atoms with van der Waals surface area (Å²) < 4.78 is 2.09. The third-order valence-electron chi connectivity index (χ3n) is 5.09. The van der Waals surface area contributed by atoms with Gasteiger partial charge in [-0.15, -0.1) is 0 Å². The van der Waals surface area contributed by atoms with E-state index in [1.54, 1.807) is 0 Å². The van der Waals surface area contributed by atoms with Crippen LogP contribution in [-0.2, 0) is 0 Å². The molecule has 3 heteroatoms. The van der Waals surface area contributed by atoms with Crippen LogP contribution in [0, 0.1) is 0 Å². The Balaban J connectivity index is 1.97. The van der Waals surface area contributed by atoms with E-state index in [1.165, 1.54) is 32.3 Å². The van der Waals surface area contributed by atoms with E-state index < -0.39 is 0 Å². The van der Waals surface area contributed by atoms with Crippen molar-refractivity contribution in [2.45, 2.75) is 0 Å². The van der Waals surface area contributed by atoms with E-state index in [2.05, 4.69) is 69.0 Å². The second kappa shape index (κ2) is 4.54. The normalized spacial score (nSPS) is 12.0. The lowest BCUT2D eigenvalue weighted by Crippen LogP contribution is -1.92. The van der Waals surface area contributed by atoms with Gasteiger partial charge in [0.2, 0.25) is 0 Å². The van der Waals surface area contributed by atoms with Crippen molar-refractivity contribution in [3.63, 3.8) is 0 Å². The van der Waals surface area contributed by atoms with Crippen LogP contribution >= 0.6 is 0 Å². The molecule has 0 aliphatic heterocycles. The molecule has 0 bridgehead atoms. The largest absolute Gasteiger partial charge is 0.282 e. The first-order valence-corrected chi connectivity index (χ1v) is 8.34. The standard InChI is InChI=1S/C22H13N3/c1-2-5-15-11-19-16(10-14(15)4-1)7-8-17-18-6-3-9-24-22(18)25-13-23-12-20(25)21(17)19/h1-13H. The molecule has 25 heavy (non-hydrogen) atoms. The third-order valence-corrected chi connectivity index (χ3v) is 5.09. The fourth-order valence-corrected chi connectivity index (χ4v) is 3.96. The highest BCUT2D eigenvalue weighted by molar-refractivity contribution is 6.23. The van der Waals surface area contributed by atoms with Crippen molar-refractivity contribution >= 4 is 48.9 Å². The van der Waals surface area contributed by atoms with Gasteiger partial charge in [0.25, 0.3) is 0 Å². The van der Waals surface area contributed by atoms with E-state index in [0.717, 1.165) is 16.6 Å². The van der Waals surface area contributed by atoms with Crippen LogP contribution in [0.3, 0.4) is 0 Å². The van der Waals surface area contributed by atoms with Gasteiger partial charge >= 0.3 is 0 Å². The lowest BCUT2D eigenvalue weighted by atomic mass is 9.97. The molecule has 0 amide bonds. The molecule has 0 unspecified atom stereocenters. The van der Waals surface area contributed by atoms with E-state index >= 15 is 0 Å². The van der Waals surface area contributed by atoms with E-state index in [9.17, 15) is 0 Å². The lowest BCUT2D eigenvalue weighted by molar-refractivity contribution is 1.17. The van der Waals surface area contributed by atoms with Gasteiger partial charge in [0.05, 0.1) is 11.7 Å². The summed E-state index contributed by atoms with van der Waals surface area (Å²) >= 11 is 0. The van der Waals surface area contributed by atoms with Crippen LogP contribution in [0.1, 0.15) is 0 Å². The Morgan fingerprint density at radius 2 is 1.60 bits per heavy atom. The Labute approximate surface area is 143 Å². The predicted molar refractivity (Wildman–Crippen MR) is 103 cm³/mol. The molecule has 6 aromatic rings. The van der Waals surface area contributed by atoms with Gasteiger partial charge in [0.15, 0.2) is 0 Å². The molecule has 0 N–H and O–H groups in total. The first-order chi connectivity index (χ1) is 12.4. The van der Waals surface area contributed by atoms with Crippen LogP contribution in [-0.4, -0.2) is 14.4 Å². The van der Waals surface area contributed by atoms with Crippen molar-refractivity contribution in [3.8, 4) is 0 Å². The minimum absolute atomic E-state index is 0.947. The number of pyridine rings is 2. The predicted octanol–water partition coefficient (Wildman–Crippen LogP) is 5.34. The average Bonchev–Trinajstić information content (AvgIpc) is 3.16. The fourth-order valence-electron chi connectivity index (χ4n) is 3.96. The highest BCUT2D eigenvalue weighted by atomic mass is 15.0. The molecule has 0 atom stereocenters. The van der Waals surface area contributed by atoms with Gasteiger partial charge in [-0.1, -0.05) is 36.4 Å². The molecule has 0 radical (unpaired) electrons. The Bertz CT molecular complexity index is 1440. The van der Waals surface area contributed by atoms with Crippen molar-refractivity contribution in [3.05, 3.63) is 79.4 Å². The summed E-state index contributed by atoms with van der Waals surface area (Å²) in [5.74, 6) is 0. The highest BCUT2D eigenvalue weighted by Gasteiger charge is 2.12. The Kier molecular flexibility index (Phi) is 2.35. The molecule has 3 aromatic heterocycles. The number of rotatable bonds is 0. The van der Waals surface area contributed by atoms with Gasteiger partial charge in [0.1, 0.15) is 12.0 Å². The number of imidazole rings is 1. The van der Waals surface area contributed by atoms with Crippen molar-refractivity contribution in [1.29, 1.82) is 0 Å². The summed E-state index contributed by atoms with van der Waals surface area (Å²) in [6, 6.07) is 21.6. The molecule has 116 valence electrons. The van der Waals surface area contributed by atoms with Crippen molar-refractivity contribution in [1.82, 2.24) is 14.4 Å². The minimum atomic E-state index is 0.947. The van der Waals surface area contributed by atoms with Gasteiger partial charge in [-0.3, -0.25) is 4.40 Å². The van der Waals surface area contributed by atoms with Crippen LogP contribution < -0.4 is 0 Å². The van der Waals surface area contributed by atoms with Crippen molar-refractivity contribution in [2.75, 3.05) is 0 Å². The molecule has 0 fully saturated rings. The monoisotopic (exact) mass is 319 g/mol. The molecule has 3 aromatic carbocycles. The summed E-state index contributed by atoms with van der Waals surface area (Å²) in [5, 5.41) is 8.64. The minimum Gasteiger partial charge on any atom is -0.282 e. The maximum Gasteiger partial charge on any atom is 0.146 e. The first kappa shape index (κ1) is 12.9. The lowest BCUT2D eigenvalue weighted by Gasteiger charge is -2.11. The molecule has 0 spiro atoms. The summed E-state index contributed by atoms with van der Waals surface area (Å²) in [5.41, 5.74) is 2.05. The van der Waals surface area contributed by atoms with Gasteiger partial charge in [-0.2, -0.15) is 0 Å². The van der Waals surface area contributed by atoms with Crippen LogP contribution in [0.4, 0.5) is 0 Å². The van der Waals surface area contributed by atoms with Crippen molar-refractivity contribution in [2.24, 2.45) is 0 Å². The first-order valence-electron chi connectivity index (χ1n) is 8.34. The smallest absolute Gasteiger partial charge is 0.146 e. The summed E-state index contributed by atoms with van der Waals surface area (Å²) in [4.78, 5) is 8.98. The second-order valence-corrected chi connectivity index (χ2v) is 6.43. The SMILES string of the molecule is c1ccc2cc3c(ccc4c5cccnc5n5cncc5c34)cc2c1. The van der Waals surface area contributed by atoms with E-state index in [-0.39, 0.29) is 0 Å². The molecule has 0 saturated heterocycles. The van der Waals surface area contributed by atoms with Gasteiger partial charge in [-0.05, 0) is 51.2 Å². The third kappa shape index (κ3) is 1.64. The van der Waals surface area contributed by atoms with Crippen LogP contribution in [0.2, 0.25) is 0 Å². The van der Waals surface area contributed by atoms with Gasteiger partial charge < -0.3 is 0 Å². The molecule has 3 nitrogen and oxygen atoms in total. The van der Waals surface area contributed by atoms with Crippen LogP contribution in [0.25, 0.3) is 48.9 Å². The Morgan fingerprint density at radius 1 is 0.720 bits per heavy atom. The number of hydrogen-bond acceptors (Lipinski definition) is 2. The van der Waals surface area contributed by atoms with Crippen LogP contribution in [0.15, 0.2) is 79.4 Å². The summed E-state index contributed by atoms with van der Waals surface area (Å²) in [6.45, 7) is 0. The number of fused-ring (bicyclic) bond motifs is 9. The van der Waals surface area contributed by atoms with Gasteiger partial charge in [-0.25, -0.2) is 9.97 Å². The second-order valence-electron chi connectivity index (χ2n) is 6.43. The number of benzene rings is 3. The zero-order valence-electron chi connectivity index (χ0n) is 13.3. The summed E-state index contributed by atoms with van der Waals surface area (Å²) in [7, 11) is 0. The summed E-state index contributed by atoms with van der Waals surface area (Å²) in [6.07, 6.45) is 5.62. The molecule has 3 heterocycles. The average molecular weight is 319 g/mol. The zero-order valence-corrected chi connectivity index (χ0v) is 13.3. The number of aromatic nitrogens is 3. The quantitative estimate of drug-likeness (QED) is 0.279. The van der Waals surface area contributed by atoms with E-state index in [0.29, 0.717) is 0 Å². The van der Waals surface area contributed by atoms with Crippen molar-refractivity contribution < 1.29 is 0 Å². The molecule has 0 aliphatic carbocycles. The number of hydrogen-bond donors (Lipinski definition) is 0. The Hall–Kier alpha value is -3.46. The molecule has 0 aliphatic rings. The maximum absolute atomic E-state index is 4.58. The molecular formula is C22H13N3. The molecule has 0 saturated carbocycles. The van der Waals surface area contributed by atoms with Gasteiger partial charge in [0, 0.05) is 17.0 Å². The molecular weight excluding hydrogens is 306 g/mol. The fraction of sp³-hybridized carbons (Fsp3) is 0. The highest BCUT2D eigenvalue weighted by Crippen LogP contribution is 2.35. The molecule has 6 rings (SSSR count). The number of nitrogens with zero attached hydrogens (tertiary/aromatic N) is 3. The topological polar surface area (TPSA) is 30.2 Å². The van der Waals surface area contributed by atoms with Crippen LogP contribution in [0.5, 0.6) is 0 Å². The maximum atomic E-state index is 4.58.